The third-order valence-corrected chi connectivity index (χ3v) is 21.8. The predicted molar refractivity (Wildman–Crippen MR) is 496 cm³/mol. The van der Waals surface area contributed by atoms with Crippen LogP contribution in [-0.4, -0.2) is 101 Å². The molecule has 0 spiro atoms. The molecule has 0 heterocycles. The molecular weight excluding hydrogens is 1590 g/mol. The second-order valence-electron chi connectivity index (χ2n) is 32.1. The fourth-order valence-electron chi connectivity index (χ4n) is 14.4. The second kappa shape index (κ2) is 67.6. The standard InChI is InChI=1S/C106H142O20/c1-5-99(107)119-79-49-39-29-19-9-15-25-35-45-75-115-91-63-55-85(56-64-91)103(111)123-95-71-73-97(125-105(113)87-59-67-93(68-60-87)117-77-47-37-27-17-11-21-31-41-51-81-121-101(109)7-3)89(83-95)53-43-33-23-13-14-24-34-44-54-90-84-96(124-104(112)86-57-65-92(66-58-86)116-76-46-36-26-16-10-20-30-40-50-80-120-100(108)6-2)72-74-98(90)126-106(114)88-61-69-94(70-62-88)118-78-48-38-28-18-12-22-32-42-52-82-122-102(110)8-4/h5-8,55-74,83-84H,1-4,9-54,75-82H2. The van der Waals surface area contributed by atoms with Crippen molar-refractivity contribution in [1.82, 2.24) is 0 Å². The third kappa shape index (κ3) is 48.1. The molecule has 0 saturated carbocycles. The van der Waals surface area contributed by atoms with Gasteiger partial charge in [0.2, 0.25) is 0 Å². The van der Waals surface area contributed by atoms with Crippen LogP contribution in [0.5, 0.6) is 46.0 Å². The summed E-state index contributed by atoms with van der Waals surface area (Å²) < 4.78 is 68.5. The summed E-state index contributed by atoms with van der Waals surface area (Å²) in [6.07, 6.45) is 51.9. The minimum Gasteiger partial charge on any atom is -0.494 e. The Morgan fingerprint density at radius 3 is 0.579 bits per heavy atom. The molecule has 0 aliphatic carbocycles. The van der Waals surface area contributed by atoms with Gasteiger partial charge in [0.15, 0.2) is 0 Å². The van der Waals surface area contributed by atoms with E-state index in [2.05, 4.69) is 26.3 Å². The van der Waals surface area contributed by atoms with Crippen LogP contribution in [0.15, 0.2) is 184 Å². The summed E-state index contributed by atoms with van der Waals surface area (Å²) in [5, 5.41) is 0. The van der Waals surface area contributed by atoms with Gasteiger partial charge in [0.25, 0.3) is 0 Å². The van der Waals surface area contributed by atoms with Gasteiger partial charge in [-0.3, -0.25) is 0 Å². The minimum atomic E-state index is -0.526. The molecule has 0 unspecified atom stereocenters. The Kier molecular flexibility index (Phi) is 55.8. The lowest BCUT2D eigenvalue weighted by Crippen LogP contribution is -2.11. The summed E-state index contributed by atoms with van der Waals surface area (Å²) in [4.78, 5) is 99.8. The summed E-state index contributed by atoms with van der Waals surface area (Å²) >= 11 is 0. The smallest absolute Gasteiger partial charge is 0.343 e. The van der Waals surface area contributed by atoms with E-state index in [1.807, 2.05) is 0 Å². The lowest BCUT2D eigenvalue weighted by Gasteiger charge is -2.13. The number of aryl methyl sites for hydroxylation is 2. The monoisotopic (exact) mass is 1740 g/mol. The van der Waals surface area contributed by atoms with E-state index in [1.54, 1.807) is 133 Å². The first-order valence-corrected chi connectivity index (χ1v) is 47.0. The normalized spacial score (nSPS) is 10.9. The Hall–Kier alpha value is -10.8. The average Bonchev–Trinajstić information content (AvgIpc) is 0.834. The Labute approximate surface area is 750 Å². The highest BCUT2D eigenvalue weighted by atomic mass is 16.6. The number of carbonyl (C=O) groups is 8. The average molecular weight is 1740 g/mol. The number of carbonyl (C=O) groups excluding carboxylic acids is 8. The number of hydrogen-bond acceptors (Lipinski definition) is 20. The number of ether oxygens (including phenoxy) is 12. The minimum absolute atomic E-state index is 0.330. The largest absolute Gasteiger partial charge is 0.494 e. The number of unbranched alkanes of at least 4 members (excludes halogenated alkanes) is 39. The first kappa shape index (κ1) is 104. The predicted octanol–water partition coefficient (Wildman–Crippen LogP) is 25.9. The summed E-state index contributed by atoms with van der Waals surface area (Å²) in [5.74, 6) is 0.550. The zero-order valence-electron chi connectivity index (χ0n) is 75.2. The number of benzene rings is 6. The van der Waals surface area contributed by atoms with E-state index >= 15 is 0 Å². The third-order valence-electron chi connectivity index (χ3n) is 21.8. The highest BCUT2D eigenvalue weighted by molar-refractivity contribution is 5.94. The van der Waals surface area contributed by atoms with E-state index in [0.717, 1.165) is 242 Å². The van der Waals surface area contributed by atoms with Crippen molar-refractivity contribution in [3.05, 3.63) is 217 Å². The van der Waals surface area contributed by atoms with E-state index in [0.29, 0.717) is 134 Å². The molecule has 0 fully saturated rings. The van der Waals surface area contributed by atoms with Gasteiger partial charge in [-0.25, -0.2) is 38.4 Å². The van der Waals surface area contributed by atoms with Crippen LogP contribution in [0.4, 0.5) is 0 Å². The topological polar surface area (TPSA) is 247 Å². The van der Waals surface area contributed by atoms with Crippen LogP contribution in [0.2, 0.25) is 0 Å². The van der Waals surface area contributed by atoms with Crippen LogP contribution in [0.25, 0.3) is 0 Å². The van der Waals surface area contributed by atoms with Crippen molar-refractivity contribution in [2.75, 3.05) is 52.9 Å². The molecule has 20 heteroatoms. The van der Waals surface area contributed by atoms with Crippen LogP contribution in [-0.2, 0) is 51.0 Å². The van der Waals surface area contributed by atoms with Crippen molar-refractivity contribution < 1.29 is 95.2 Å². The van der Waals surface area contributed by atoms with E-state index in [1.165, 1.54) is 75.7 Å². The lowest BCUT2D eigenvalue weighted by molar-refractivity contribution is -0.138. The van der Waals surface area contributed by atoms with Crippen molar-refractivity contribution in [2.24, 2.45) is 0 Å². The molecule has 126 heavy (non-hydrogen) atoms. The van der Waals surface area contributed by atoms with Gasteiger partial charge in [-0.15, -0.1) is 0 Å². The molecule has 6 aromatic carbocycles. The summed E-state index contributed by atoms with van der Waals surface area (Å²) in [6.45, 7) is 17.8. The molecule has 686 valence electrons. The maximum atomic E-state index is 13.8. The molecule has 0 amide bonds. The highest BCUT2D eigenvalue weighted by Gasteiger charge is 2.20. The van der Waals surface area contributed by atoms with Gasteiger partial charge in [0.05, 0.1) is 75.1 Å². The maximum absolute atomic E-state index is 13.8. The van der Waals surface area contributed by atoms with Gasteiger partial charge in [0.1, 0.15) is 46.0 Å². The maximum Gasteiger partial charge on any atom is 0.343 e. The Bertz CT molecular complexity index is 3830. The Morgan fingerprint density at radius 2 is 0.373 bits per heavy atom. The SMILES string of the molecule is C=CC(=O)OCCCCCCCCCCCOc1ccc(C(=O)Oc2ccc(OC(=O)c3ccc(OCCCCCCCCCCCOC(=O)C=C)cc3)c(CCCCCCCCCCc3cc(OC(=O)c4ccc(OCCCCCCCCCCCOC(=O)C=C)cc4)ccc3OC(=O)c3ccc(OCCCCCCCCCCCOC(=O)C=C)cc3)c2)cc1. The van der Waals surface area contributed by atoms with Crippen LogP contribution in [0, 0.1) is 0 Å². The van der Waals surface area contributed by atoms with Crippen LogP contribution >= 0.6 is 0 Å². The van der Waals surface area contributed by atoms with Crippen molar-refractivity contribution >= 4 is 47.8 Å². The van der Waals surface area contributed by atoms with Crippen molar-refractivity contribution in [2.45, 2.75) is 295 Å². The number of esters is 8. The van der Waals surface area contributed by atoms with Crippen molar-refractivity contribution in [3.8, 4) is 46.0 Å². The first-order chi connectivity index (χ1) is 61.7. The first-order valence-electron chi connectivity index (χ1n) is 47.0. The molecule has 0 saturated heterocycles. The van der Waals surface area contributed by atoms with Gasteiger partial charge >= 0.3 is 47.8 Å². The quantitative estimate of drug-likeness (QED) is 0.0113. The number of hydrogen-bond donors (Lipinski definition) is 0. The van der Waals surface area contributed by atoms with E-state index in [4.69, 9.17) is 56.8 Å². The molecule has 20 nitrogen and oxygen atoms in total. The second-order valence-corrected chi connectivity index (χ2v) is 32.1. The number of rotatable bonds is 75. The van der Waals surface area contributed by atoms with Gasteiger partial charge < -0.3 is 56.8 Å². The van der Waals surface area contributed by atoms with Crippen molar-refractivity contribution in [3.63, 3.8) is 0 Å². The van der Waals surface area contributed by atoms with Crippen LogP contribution in [0.3, 0.4) is 0 Å². The molecule has 6 aromatic rings. The van der Waals surface area contributed by atoms with Gasteiger partial charge in [-0.05, 0) is 222 Å². The molecule has 0 aliphatic rings. The van der Waals surface area contributed by atoms with Crippen LogP contribution < -0.4 is 37.9 Å². The molecular formula is C106H142O20. The zero-order chi connectivity index (χ0) is 89.8. The summed E-state index contributed by atoms with van der Waals surface area (Å²) in [5.41, 5.74) is 2.96. The molecule has 6 rings (SSSR count). The van der Waals surface area contributed by atoms with Gasteiger partial charge in [-0.1, -0.05) is 245 Å². The fourth-order valence-corrected chi connectivity index (χ4v) is 14.4. The summed E-state index contributed by atoms with van der Waals surface area (Å²) in [7, 11) is 0. The fraction of sp³-hybridized carbons (Fsp3) is 0.509. The van der Waals surface area contributed by atoms with E-state index < -0.39 is 23.9 Å². The molecule has 0 aromatic heterocycles. The lowest BCUT2D eigenvalue weighted by atomic mass is 10.0. The zero-order valence-corrected chi connectivity index (χ0v) is 75.2. The van der Waals surface area contributed by atoms with Crippen molar-refractivity contribution in [1.29, 1.82) is 0 Å². The summed E-state index contributed by atoms with van der Waals surface area (Å²) in [6, 6.07) is 38.1. The van der Waals surface area contributed by atoms with E-state index in [9.17, 15) is 38.4 Å². The Morgan fingerprint density at radius 1 is 0.198 bits per heavy atom. The van der Waals surface area contributed by atoms with Crippen LogP contribution in [0.1, 0.15) is 335 Å². The molecule has 0 bridgehead atoms. The molecule has 0 atom stereocenters. The van der Waals surface area contributed by atoms with E-state index in [-0.39, 0.29) is 23.9 Å². The molecule has 0 N–H and O–H groups in total. The Balaban J connectivity index is 0.982. The molecule has 0 radical (unpaired) electrons. The van der Waals surface area contributed by atoms with Gasteiger partial charge in [-0.2, -0.15) is 0 Å². The highest BCUT2D eigenvalue weighted by Crippen LogP contribution is 2.32. The molecule has 0 aliphatic heterocycles. The van der Waals surface area contributed by atoms with Gasteiger partial charge in [0, 0.05) is 24.3 Å².